The zero-order valence-electron chi connectivity index (χ0n) is 45.7. The summed E-state index contributed by atoms with van der Waals surface area (Å²) < 4.78 is 23.7. The minimum absolute atomic E-state index is 0.0753. The molecule has 0 fully saturated rings. The molecule has 0 spiro atoms. The van der Waals surface area contributed by atoms with Gasteiger partial charge in [-0.3, -0.25) is 13.8 Å². The Balaban J connectivity index is 3.97. The van der Waals surface area contributed by atoms with Crippen LogP contribution in [0.1, 0.15) is 303 Å². The maximum absolute atomic E-state index is 12.9. The Morgan fingerprint density at radius 1 is 0.493 bits per heavy atom. The molecule has 0 saturated heterocycles. The third kappa shape index (κ3) is 52.9. The number of phosphoric ester groups is 1. The summed E-state index contributed by atoms with van der Waals surface area (Å²) in [6, 6.07) is -0.762. The first-order valence-corrected chi connectivity index (χ1v) is 31.0. The quantitative estimate of drug-likeness (QED) is 0.0243. The van der Waals surface area contributed by atoms with Crippen LogP contribution in [0.5, 0.6) is 0 Å². The predicted octanol–water partition coefficient (Wildman–Crippen LogP) is 17.8. The number of amides is 1. The monoisotopic (exact) mass is 970 g/mol. The van der Waals surface area contributed by atoms with Gasteiger partial charge >= 0.3 is 7.82 Å². The van der Waals surface area contributed by atoms with Crippen molar-refractivity contribution in [3.05, 3.63) is 12.2 Å². The molecule has 0 radical (unpaired) electrons. The van der Waals surface area contributed by atoms with Crippen LogP contribution in [0.3, 0.4) is 0 Å². The van der Waals surface area contributed by atoms with Gasteiger partial charge in [-0.25, -0.2) is 4.57 Å². The van der Waals surface area contributed by atoms with Crippen molar-refractivity contribution < 1.29 is 32.9 Å². The fraction of sp³-hybridized carbons (Fsp3) is 0.948. The Kier molecular flexibility index (Phi) is 49.6. The highest BCUT2D eigenvalue weighted by Gasteiger charge is 2.28. The third-order valence-corrected chi connectivity index (χ3v) is 14.7. The number of carbonyl (C=O) groups is 1. The van der Waals surface area contributed by atoms with Crippen molar-refractivity contribution in [2.75, 3.05) is 40.9 Å². The summed E-state index contributed by atoms with van der Waals surface area (Å²) in [5, 5.41) is 14.0. The summed E-state index contributed by atoms with van der Waals surface area (Å²) in [6.45, 7) is 4.90. The summed E-state index contributed by atoms with van der Waals surface area (Å²) in [4.78, 5) is 23.2. The Bertz CT molecular complexity index is 1100. The van der Waals surface area contributed by atoms with Crippen LogP contribution in [-0.4, -0.2) is 73.4 Å². The number of aliphatic hydroxyl groups excluding tert-OH is 1. The number of hydrogen-bond acceptors (Lipinski definition) is 5. The van der Waals surface area contributed by atoms with Crippen LogP contribution >= 0.6 is 7.82 Å². The highest BCUT2D eigenvalue weighted by atomic mass is 31.2. The Morgan fingerprint density at radius 3 is 1.16 bits per heavy atom. The van der Waals surface area contributed by atoms with E-state index in [-0.39, 0.29) is 19.1 Å². The summed E-state index contributed by atoms with van der Waals surface area (Å²) in [6.07, 6.45) is 61.5. The molecule has 0 aromatic rings. The van der Waals surface area contributed by atoms with E-state index in [1.54, 1.807) is 0 Å². The molecule has 0 aliphatic carbocycles. The van der Waals surface area contributed by atoms with Crippen molar-refractivity contribution in [3.63, 3.8) is 0 Å². The Hall–Kier alpha value is -0.760. The smallest absolute Gasteiger partial charge is 0.391 e. The van der Waals surface area contributed by atoms with Gasteiger partial charge in [-0.2, -0.15) is 0 Å². The molecule has 0 heterocycles. The van der Waals surface area contributed by atoms with Crippen LogP contribution in [0.15, 0.2) is 12.2 Å². The standard InChI is InChI=1S/C58H117N2O6P/c1-6-8-10-12-14-16-18-20-21-22-23-24-25-26-27-28-29-30-31-32-33-34-35-36-37-38-40-41-43-45-47-49-51-57(61)56(55-66-67(63,64)65-54-53-60(3,4)5)59-58(62)52-50-48-46-44-42-39-19-17-15-13-11-9-7-2/h17,19,56-57,61H,6-16,18,20-55H2,1-5H3,(H-,59,62,63,64)/p+1/b19-17-. The van der Waals surface area contributed by atoms with E-state index in [0.29, 0.717) is 23.9 Å². The number of nitrogens with zero attached hydrogens (tertiary/aromatic N) is 1. The second-order valence-corrected chi connectivity index (χ2v) is 23.2. The van der Waals surface area contributed by atoms with Crippen molar-refractivity contribution in [2.24, 2.45) is 0 Å². The average molecular weight is 971 g/mol. The van der Waals surface area contributed by atoms with Crippen molar-refractivity contribution in [1.82, 2.24) is 5.32 Å². The van der Waals surface area contributed by atoms with Crippen molar-refractivity contribution >= 4 is 13.7 Å². The van der Waals surface area contributed by atoms with Crippen molar-refractivity contribution in [1.29, 1.82) is 0 Å². The summed E-state index contributed by atoms with van der Waals surface area (Å²) >= 11 is 0. The van der Waals surface area contributed by atoms with E-state index in [4.69, 9.17) is 9.05 Å². The summed E-state index contributed by atoms with van der Waals surface area (Å²) in [7, 11) is 1.62. The molecule has 1 amide bonds. The Labute approximate surface area is 418 Å². The van der Waals surface area contributed by atoms with Gasteiger partial charge in [-0.1, -0.05) is 270 Å². The molecule has 400 valence electrons. The molecular weight excluding hydrogens is 852 g/mol. The molecular formula is C58H118N2O6P+. The molecule has 67 heavy (non-hydrogen) atoms. The molecule has 3 atom stereocenters. The first-order chi connectivity index (χ1) is 32.5. The number of aliphatic hydroxyl groups is 1. The van der Waals surface area contributed by atoms with Gasteiger partial charge < -0.3 is 19.8 Å². The fourth-order valence-electron chi connectivity index (χ4n) is 9.10. The van der Waals surface area contributed by atoms with Crippen LogP contribution in [0, 0.1) is 0 Å². The lowest BCUT2D eigenvalue weighted by molar-refractivity contribution is -0.870. The zero-order chi connectivity index (χ0) is 49.2. The second kappa shape index (κ2) is 50.2. The van der Waals surface area contributed by atoms with E-state index in [9.17, 15) is 19.4 Å². The van der Waals surface area contributed by atoms with Gasteiger partial charge in [0, 0.05) is 6.42 Å². The van der Waals surface area contributed by atoms with Gasteiger partial charge in [-0.05, 0) is 38.5 Å². The number of nitrogens with one attached hydrogen (secondary N) is 1. The van der Waals surface area contributed by atoms with Crippen molar-refractivity contribution in [2.45, 2.75) is 315 Å². The summed E-state index contributed by atoms with van der Waals surface area (Å²) in [5.74, 6) is -0.150. The number of phosphoric acid groups is 1. The maximum atomic E-state index is 12.9. The number of carbonyl (C=O) groups excluding carboxylic acids is 1. The lowest BCUT2D eigenvalue weighted by Crippen LogP contribution is -2.46. The van der Waals surface area contributed by atoms with Crippen LogP contribution in [-0.2, 0) is 18.4 Å². The number of rotatable bonds is 55. The van der Waals surface area contributed by atoms with Crippen molar-refractivity contribution in [3.8, 4) is 0 Å². The van der Waals surface area contributed by atoms with Crippen LogP contribution in [0.4, 0.5) is 0 Å². The molecule has 8 nitrogen and oxygen atoms in total. The fourth-order valence-corrected chi connectivity index (χ4v) is 9.84. The second-order valence-electron chi connectivity index (χ2n) is 21.7. The first kappa shape index (κ1) is 66.2. The van der Waals surface area contributed by atoms with E-state index >= 15 is 0 Å². The minimum atomic E-state index is -4.32. The van der Waals surface area contributed by atoms with Crippen LogP contribution in [0.2, 0.25) is 0 Å². The number of quaternary nitrogens is 1. The molecule has 0 aliphatic rings. The zero-order valence-corrected chi connectivity index (χ0v) is 46.6. The SMILES string of the molecule is CCCCCC/C=C\CCCCCCCC(=O)NC(COP(=O)(O)OCC[N+](C)(C)C)C(O)CCCCCCCCCCCCCCCCCCCCCCCCCCCCCCCCCC. The first-order valence-electron chi connectivity index (χ1n) is 29.6. The van der Waals surface area contributed by atoms with E-state index in [2.05, 4.69) is 31.3 Å². The average Bonchev–Trinajstić information content (AvgIpc) is 3.29. The third-order valence-electron chi connectivity index (χ3n) is 13.8. The number of likely N-dealkylation sites (N-methyl/N-ethyl adjacent to an activating group) is 1. The van der Waals surface area contributed by atoms with Crippen LogP contribution < -0.4 is 5.32 Å². The molecule has 0 rings (SSSR count). The minimum Gasteiger partial charge on any atom is -0.391 e. The highest BCUT2D eigenvalue weighted by molar-refractivity contribution is 7.47. The lowest BCUT2D eigenvalue weighted by Gasteiger charge is -2.26. The Morgan fingerprint density at radius 2 is 0.806 bits per heavy atom. The van der Waals surface area contributed by atoms with Gasteiger partial charge in [0.25, 0.3) is 0 Å². The van der Waals surface area contributed by atoms with Gasteiger partial charge in [0.1, 0.15) is 13.2 Å². The molecule has 0 aliphatic heterocycles. The van der Waals surface area contributed by atoms with E-state index in [0.717, 1.165) is 51.4 Å². The van der Waals surface area contributed by atoms with Gasteiger partial charge in [0.2, 0.25) is 5.91 Å². The molecule has 9 heteroatoms. The molecule has 0 aromatic carbocycles. The molecule has 0 saturated carbocycles. The maximum Gasteiger partial charge on any atom is 0.472 e. The predicted molar refractivity (Wildman–Crippen MR) is 291 cm³/mol. The van der Waals surface area contributed by atoms with E-state index in [1.165, 1.54) is 225 Å². The van der Waals surface area contributed by atoms with Gasteiger partial charge in [-0.15, -0.1) is 0 Å². The lowest BCUT2D eigenvalue weighted by atomic mass is 10.0. The largest absolute Gasteiger partial charge is 0.472 e. The number of hydrogen-bond donors (Lipinski definition) is 3. The molecule has 3 N–H and O–H groups in total. The number of unbranched alkanes of at least 4 members (excludes halogenated alkanes) is 40. The number of allylic oxidation sites excluding steroid dienone is 2. The highest BCUT2D eigenvalue weighted by Crippen LogP contribution is 2.43. The summed E-state index contributed by atoms with van der Waals surface area (Å²) in [5.41, 5.74) is 0. The van der Waals surface area contributed by atoms with Crippen LogP contribution in [0.25, 0.3) is 0 Å². The van der Waals surface area contributed by atoms with Gasteiger partial charge in [0.15, 0.2) is 0 Å². The van der Waals surface area contributed by atoms with Gasteiger partial charge in [0.05, 0.1) is 39.9 Å². The normalized spacial score (nSPS) is 14.0. The molecule has 0 aromatic heterocycles. The topological polar surface area (TPSA) is 105 Å². The molecule has 3 unspecified atom stereocenters. The molecule has 0 bridgehead atoms. The van der Waals surface area contributed by atoms with E-state index < -0.39 is 20.0 Å². The van der Waals surface area contributed by atoms with E-state index in [1.807, 2.05) is 21.1 Å².